The molecule has 0 radical (unpaired) electrons. The highest BCUT2D eigenvalue weighted by Gasteiger charge is 2.32. The first-order valence-corrected chi connectivity index (χ1v) is 12.2. The number of rotatable bonds is 3. The van der Waals surface area contributed by atoms with Crippen molar-refractivity contribution in [3.63, 3.8) is 0 Å². The Hall–Kier alpha value is -3.35. The van der Waals surface area contributed by atoms with Crippen molar-refractivity contribution in [1.82, 2.24) is 14.7 Å². The predicted molar refractivity (Wildman–Crippen MR) is 131 cm³/mol. The van der Waals surface area contributed by atoms with E-state index in [-0.39, 0.29) is 5.91 Å². The van der Waals surface area contributed by atoms with Crippen molar-refractivity contribution in [2.75, 3.05) is 26.3 Å². The summed E-state index contributed by atoms with van der Waals surface area (Å²) < 4.78 is 7.41. The molecule has 0 unspecified atom stereocenters. The van der Waals surface area contributed by atoms with Gasteiger partial charge in [0.15, 0.2) is 5.69 Å². The smallest absolute Gasteiger partial charge is 0.274 e. The number of hydrogen-bond acceptors (Lipinski definition) is 4. The quantitative estimate of drug-likeness (QED) is 0.423. The summed E-state index contributed by atoms with van der Waals surface area (Å²) >= 11 is 1.79. The number of ether oxygens (including phenoxy) is 1. The van der Waals surface area contributed by atoms with Crippen molar-refractivity contribution in [3.8, 4) is 28.1 Å². The molecule has 164 valence electrons. The second-order valence-corrected chi connectivity index (χ2v) is 9.15. The van der Waals surface area contributed by atoms with Crippen LogP contribution in [0.25, 0.3) is 28.1 Å². The van der Waals surface area contributed by atoms with E-state index >= 15 is 0 Å². The first-order valence-electron chi connectivity index (χ1n) is 11.2. The molecule has 0 aliphatic carbocycles. The lowest BCUT2D eigenvalue weighted by molar-refractivity contribution is 0.0298. The largest absolute Gasteiger partial charge is 0.378 e. The highest BCUT2D eigenvalue weighted by molar-refractivity contribution is 7.98. The zero-order chi connectivity index (χ0) is 22.2. The maximum absolute atomic E-state index is 13.5. The van der Waals surface area contributed by atoms with Gasteiger partial charge in [-0.25, -0.2) is 4.68 Å². The molecule has 3 heterocycles. The van der Waals surface area contributed by atoms with Gasteiger partial charge in [-0.05, 0) is 23.3 Å². The van der Waals surface area contributed by atoms with E-state index in [4.69, 9.17) is 9.84 Å². The molecule has 1 aromatic heterocycles. The topological polar surface area (TPSA) is 47.4 Å². The summed E-state index contributed by atoms with van der Waals surface area (Å²) in [5, 5.41) is 4.91. The average molecular weight is 454 g/mol. The van der Waals surface area contributed by atoms with Crippen LogP contribution < -0.4 is 0 Å². The Kier molecular flexibility index (Phi) is 5.24. The van der Waals surface area contributed by atoms with E-state index in [1.807, 2.05) is 46.0 Å². The standard InChI is InChI=1S/C27H23N3O2S/c31-27(29-14-16-32-17-15-29)24-23-18-33-26-21(19-8-3-1-4-9-19)12-7-13-22(26)25(23)30(28-24)20-10-5-2-6-11-20/h1-13H,14-18H2. The van der Waals surface area contributed by atoms with Crippen LogP contribution in [-0.2, 0) is 10.5 Å². The van der Waals surface area contributed by atoms with Crippen LogP contribution in [0.5, 0.6) is 0 Å². The highest BCUT2D eigenvalue weighted by atomic mass is 32.2. The number of carbonyl (C=O) groups excluding carboxylic acids is 1. The normalized spacial score (nSPS) is 15.1. The Morgan fingerprint density at radius 3 is 2.30 bits per heavy atom. The molecule has 1 amide bonds. The number of fused-ring (bicyclic) bond motifs is 3. The minimum atomic E-state index is -0.00695. The zero-order valence-corrected chi connectivity index (χ0v) is 18.9. The number of thioether (sulfide) groups is 1. The second kappa shape index (κ2) is 8.54. The third-order valence-corrected chi connectivity index (χ3v) is 7.36. The van der Waals surface area contributed by atoms with E-state index in [1.54, 1.807) is 11.8 Å². The minimum absolute atomic E-state index is 0.00695. The predicted octanol–water partition coefficient (Wildman–Crippen LogP) is 5.28. The molecule has 3 aromatic carbocycles. The highest BCUT2D eigenvalue weighted by Crippen LogP contribution is 2.47. The average Bonchev–Trinajstić information content (AvgIpc) is 3.30. The van der Waals surface area contributed by atoms with Crippen molar-refractivity contribution >= 4 is 17.7 Å². The lowest BCUT2D eigenvalue weighted by atomic mass is 9.98. The van der Waals surface area contributed by atoms with Gasteiger partial charge >= 0.3 is 0 Å². The monoisotopic (exact) mass is 453 g/mol. The number of para-hydroxylation sites is 1. The van der Waals surface area contributed by atoms with Crippen LogP contribution in [0.15, 0.2) is 83.8 Å². The van der Waals surface area contributed by atoms with Gasteiger partial charge in [-0.3, -0.25) is 4.79 Å². The lowest BCUT2D eigenvalue weighted by Gasteiger charge is -2.26. The fourth-order valence-corrected chi connectivity index (χ4v) is 5.80. The Morgan fingerprint density at radius 2 is 1.55 bits per heavy atom. The van der Waals surface area contributed by atoms with Crippen LogP contribution >= 0.6 is 11.8 Å². The molecular formula is C27H23N3O2S. The molecule has 0 bridgehead atoms. The van der Waals surface area contributed by atoms with Crippen molar-refractivity contribution in [2.24, 2.45) is 0 Å². The van der Waals surface area contributed by atoms with Gasteiger partial charge in [-0.2, -0.15) is 5.10 Å². The van der Waals surface area contributed by atoms with Gasteiger partial charge in [0.25, 0.3) is 5.91 Å². The van der Waals surface area contributed by atoms with Crippen LogP contribution in [0.1, 0.15) is 16.1 Å². The zero-order valence-electron chi connectivity index (χ0n) is 18.1. The van der Waals surface area contributed by atoms with E-state index in [9.17, 15) is 4.79 Å². The van der Waals surface area contributed by atoms with Gasteiger partial charge in [0.2, 0.25) is 0 Å². The van der Waals surface area contributed by atoms with Gasteiger partial charge in [-0.15, -0.1) is 11.8 Å². The van der Waals surface area contributed by atoms with Gasteiger partial charge in [0.05, 0.1) is 24.6 Å². The Balaban J connectivity index is 1.54. The van der Waals surface area contributed by atoms with Crippen molar-refractivity contribution < 1.29 is 9.53 Å². The summed E-state index contributed by atoms with van der Waals surface area (Å²) in [6.45, 7) is 2.36. The van der Waals surface area contributed by atoms with E-state index in [0.29, 0.717) is 37.8 Å². The van der Waals surface area contributed by atoms with Crippen LogP contribution in [0.4, 0.5) is 0 Å². The molecule has 33 heavy (non-hydrogen) atoms. The molecule has 0 saturated carbocycles. The molecule has 5 nitrogen and oxygen atoms in total. The summed E-state index contributed by atoms with van der Waals surface area (Å²) in [4.78, 5) is 16.6. The molecule has 0 N–H and O–H groups in total. The number of amides is 1. The minimum Gasteiger partial charge on any atom is -0.378 e. The molecule has 4 aromatic rings. The summed E-state index contributed by atoms with van der Waals surface area (Å²) in [5.74, 6) is 0.706. The molecule has 6 rings (SSSR count). The van der Waals surface area contributed by atoms with Crippen LogP contribution in [0.3, 0.4) is 0 Å². The number of benzene rings is 3. The lowest BCUT2D eigenvalue weighted by Crippen LogP contribution is -2.41. The maximum Gasteiger partial charge on any atom is 0.274 e. The van der Waals surface area contributed by atoms with E-state index in [1.165, 1.54) is 16.0 Å². The Labute approximate surface area is 197 Å². The third kappa shape index (κ3) is 3.56. The van der Waals surface area contributed by atoms with Crippen molar-refractivity contribution in [3.05, 3.63) is 90.1 Å². The van der Waals surface area contributed by atoms with E-state index < -0.39 is 0 Å². The van der Waals surface area contributed by atoms with Crippen molar-refractivity contribution in [2.45, 2.75) is 10.6 Å². The molecule has 0 atom stereocenters. The fourth-order valence-electron chi connectivity index (χ4n) is 4.58. The van der Waals surface area contributed by atoms with Crippen LogP contribution in [-0.4, -0.2) is 46.9 Å². The Morgan fingerprint density at radius 1 is 0.848 bits per heavy atom. The summed E-state index contributed by atoms with van der Waals surface area (Å²) in [5.41, 5.74) is 7.07. The van der Waals surface area contributed by atoms with Crippen LogP contribution in [0.2, 0.25) is 0 Å². The summed E-state index contributed by atoms with van der Waals surface area (Å²) in [6.07, 6.45) is 0. The first kappa shape index (κ1) is 20.3. The fraction of sp³-hybridized carbons (Fsp3) is 0.185. The van der Waals surface area contributed by atoms with Crippen LogP contribution in [0, 0.1) is 0 Å². The summed E-state index contributed by atoms with van der Waals surface area (Å²) in [7, 11) is 0. The second-order valence-electron chi connectivity index (χ2n) is 8.16. The van der Waals surface area contributed by atoms with Crippen molar-refractivity contribution in [1.29, 1.82) is 0 Å². The molecule has 1 fully saturated rings. The SMILES string of the molecule is O=C(c1nn(-c2ccccc2)c2c1CSc1c(-c3ccccc3)cccc1-2)N1CCOCC1. The van der Waals surface area contributed by atoms with Gasteiger partial charge in [-0.1, -0.05) is 66.7 Å². The number of nitrogens with zero attached hydrogens (tertiary/aromatic N) is 3. The summed E-state index contributed by atoms with van der Waals surface area (Å²) in [6, 6.07) is 27.0. The first-order chi connectivity index (χ1) is 16.3. The third-order valence-electron chi connectivity index (χ3n) is 6.20. The number of hydrogen-bond donors (Lipinski definition) is 0. The molecule has 1 saturated heterocycles. The van der Waals surface area contributed by atoms with Gasteiger partial charge in [0.1, 0.15) is 0 Å². The molecule has 2 aliphatic rings. The number of aromatic nitrogens is 2. The molecular weight excluding hydrogens is 430 g/mol. The van der Waals surface area contributed by atoms with E-state index in [2.05, 4.69) is 42.5 Å². The number of morpholine rings is 1. The van der Waals surface area contributed by atoms with Gasteiger partial charge in [0, 0.05) is 34.9 Å². The van der Waals surface area contributed by atoms with E-state index in [0.717, 1.165) is 22.5 Å². The number of carbonyl (C=O) groups is 1. The van der Waals surface area contributed by atoms with Gasteiger partial charge < -0.3 is 9.64 Å². The molecule has 2 aliphatic heterocycles. The maximum atomic E-state index is 13.5. The molecule has 6 heteroatoms. The molecule has 0 spiro atoms. The Bertz CT molecular complexity index is 1310.